The van der Waals surface area contributed by atoms with Gasteiger partial charge in [-0.3, -0.25) is 14.0 Å². The molecule has 2 aliphatic rings. The van der Waals surface area contributed by atoms with Gasteiger partial charge in [0, 0.05) is 38.3 Å². The van der Waals surface area contributed by atoms with Gasteiger partial charge in [-0.2, -0.15) is 0 Å². The van der Waals surface area contributed by atoms with E-state index in [-0.39, 0.29) is 5.91 Å². The highest BCUT2D eigenvalue weighted by molar-refractivity contribution is 7.92. The highest BCUT2D eigenvalue weighted by Crippen LogP contribution is 2.31. The van der Waals surface area contributed by atoms with E-state index in [9.17, 15) is 13.2 Å². The van der Waals surface area contributed by atoms with E-state index in [1.165, 1.54) is 10.6 Å². The van der Waals surface area contributed by atoms with Gasteiger partial charge < -0.3 is 10.1 Å². The number of carbonyl (C=O) groups excluding carboxylic acids is 1. The molecule has 0 bridgehead atoms. The van der Waals surface area contributed by atoms with Crippen molar-refractivity contribution in [1.82, 2.24) is 4.90 Å². The molecule has 1 saturated heterocycles. The van der Waals surface area contributed by atoms with E-state index in [0.29, 0.717) is 44.1 Å². The number of nitrogens with zero attached hydrogens (tertiary/aromatic N) is 2. The van der Waals surface area contributed by atoms with E-state index in [1.54, 1.807) is 6.07 Å². The number of fused-ring (bicyclic) bond motifs is 1. The topological polar surface area (TPSA) is 79.0 Å². The van der Waals surface area contributed by atoms with Gasteiger partial charge in [-0.15, -0.1) is 0 Å². The summed E-state index contributed by atoms with van der Waals surface area (Å²) >= 11 is 0. The van der Waals surface area contributed by atoms with Gasteiger partial charge in [0.1, 0.15) is 0 Å². The highest BCUT2D eigenvalue weighted by Gasteiger charge is 2.24. The number of ether oxygens (including phenoxy) is 1. The van der Waals surface area contributed by atoms with Crippen LogP contribution in [0.5, 0.6) is 0 Å². The molecule has 8 heteroatoms. The Morgan fingerprint density at radius 2 is 2.00 bits per heavy atom. The Bertz CT molecular complexity index is 729. The van der Waals surface area contributed by atoms with Crippen molar-refractivity contribution < 1.29 is 17.9 Å². The maximum Gasteiger partial charge on any atom is 0.232 e. The minimum atomic E-state index is -3.31. The van der Waals surface area contributed by atoms with E-state index in [0.717, 1.165) is 31.5 Å². The van der Waals surface area contributed by atoms with Gasteiger partial charge >= 0.3 is 0 Å². The molecule has 1 N–H and O–H groups in total. The lowest BCUT2D eigenvalue weighted by Gasteiger charge is -2.29. The van der Waals surface area contributed by atoms with Crippen LogP contribution in [0, 0.1) is 0 Å². The average Bonchev–Trinajstić information content (AvgIpc) is 2.59. The Balaban J connectivity index is 1.64. The molecule has 1 aromatic carbocycles. The molecule has 25 heavy (non-hydrogen) atoms. The van der Waals surface area contributed by atoms with Crippen LogP contribution in [0.3, 0.4) is 0 Å². The minimum absolute atomic E-state index is 0.0619. The van der Waals surface area contributed by atoms with Gasteiger partial charge in [0.15, 0.2) is 0 Å². The van der Waals surface area contributed by atoms with Gasteiger partial charge in [-0.1, -0.05) is 6.07 Å². The van der Waals surface area contributed by atoms with Crippen LogP contribution in [0.2, 0.25) is 0 Å². The molecule has 3 rings (SSSR count). The molecule has 2 aliphatic heterocycles. The Morgan fingerprint density at radius 3 is 2.72 bits per heavy atom. The molecule has 0 unspecified atom stereocenters. The van der Waals surface area contributed by atoms with Crippen LogP contribution in [0.4, 0.5) is 11.4 Å². The summed E-state index contributed by atoms with van der Waals surface area (Å²) in [4.78, 5) is 14.4. The monoisotopic (exact) mass is 367 g/mol. The van der Waals surface area contributed by atoms with Crippen molar-refractivity contribution in [3.05, 3.63) is 23.8 Å². The van der Waals surface area contributed by atoms with Crippen molar-refractivity contribution in [3.8, 4) is 0 Å². The zero-order chi connectivity index (χ0) is 17.9. The molecule has 1 fully saturated rings. The summed E-state index contributed by atoms with van der Waals surface area (Å²) in [5.41, 5.74) is 2.32. The fraction of sp³-hybridized carbons (Fsp3) is 0.588. The molecule has 0 saturated carbocycles. The first kappa shape index (κ1) is 18.2. The SMILES string of the molecule is CS(=O)(=O)N1CCCc2ccc(NC(=O)CCN3CCOCC3)cc21. The second-order valence-corrected chi connectivity index (χ2v) is 8.44. The van der Waals surface area contributed by atoms with Gasteiger partial charge in [0.05, 0.1) is 25.2 Å². The number of morpholine rings is 1. The van der Waals surface area contributed by atoms with Gasteiger partial charge in [0.2, 0.25) is 15.9 Å². The zero-order valence-electron chi connectivity index (χ0n) is 14.5. The van der Waals surface area contributed by atoms with E-state index in [4.69, 9.17) is 4.74 Å². The lowest BCUT2D eigenvalue weighted by molar-refractivity contribution is -0.116. The number of anilines is 2. The summed E-state index contributed by atoms with van der Waals surface area (Å²) in [5, 5.41) is 2.89. The van der Waals surface area contributed by atoms with Crippen LogP contribution in [0.1, 0.15) is 18.4 Å². The Kier molecular flexibility index (Phi) is 5.61. The number of hydrogen-bond acceptors (Lipinski definition) is 5. The minimum Gasteiger partial charge on any atom is -0.379 e. The number of amides is 1. The summed E-state index contributed by atoms with van der Waals surface area (Å²) in [6, 6.07) is 5.52. The predicted octanol–water partition coefficient (Wildman–Crippen LogP) is 1.06. The zero-order valence-corrected chi connectivity index (χ0v) is 15.3. The van der Waals surface area contributed by atoms with E-state index < -0.39 is 10.0 Å². The van der Waals surface area contributed by atoms with Crippen LogP contribution in [-0.2, 0) is 26.0 Å². The molecule has 0 radical (unpaired) electrons. The summed E-state index contributed by atoms with van der Waals surface area (Å²) in [6.07, 6.45) is 3.29. The fourth-order valence-electron chi connectivity index (χ4n) is 3.27. The number of sulfonamides is 1. The molecule has 0 aromatic heterocycles. The van der Waals surface area contributed by atoms with Crippen LogP contribution in [-0.4, -0.2) is 64.9 Å². The van der Waals surface area contributed by atoms with Crippen molar-refractivity contribution in [1.29, 1.82) is 0 Å². The predicted molar refractivity (Wildman–Crippen MR) is 97.5 cm³/mol. The molecule has 2 heterocycles. The standard InChI is InChI=1S/C17H25N3O4S/c1-25(22,23)20-7-2-3-14-4-5-15(13-16(14)20)18-17(21)6-8-19-9-11-24-12-10-19/h4-5,13H,2-3,6-12H2,1H3,(H,18,21). The smallest absolute Gasteiger partial charge is 0.232 e. The van der Waals surface area contributed by atoms with Gasteiger partial charge in [0.25, 0.3) is 0 Å². The first-order valence-corrected chi connectivity index (χ1v) is 10.5. The largest absolute Gasteiger partial charge is 0.379 e. The average molecular weight is 367 g/mol. The van der Waals surface area contributed by atoms with Crippen molar-refractivity contribution in [2.75, 3.05) is 55.3 Å². The van der Waals surface area contributed by atoms with Crippen molar-refractivity contribution in [2.24, 2.45) is 0 Å². The van der Waals surface area contributed by atoms with Gasteiger partial charge in [-0.05, 0) is 30.5 Å². The second kappa shape index (κ2) is 7.72. The first-order valence-electron chi connectivity index (χ1n) is 8.64. The number of carbonyl (C=O) groups is 1. The highest BCUT2D eigenvalue weighted by atomic mass is 32.2. The lowest BCUT2D eigenvalue weighted by atomic mass is 10.0. The van der Waals surface area contributed by atoms with Crippen molar-refractivity contribution in [3.63, 3.8) is 0 Å². The quantitative estimate of drug-likeness (QED) is 0.842. The molecule has 1 amide bonds. The molecule has 0 aliphatic carbocycles. The molecule has 0 spiro atoms. The molecule has 138 valence electrons. The third kappa shape index (κ3) is 4.71. The third-order valence-corrected chi connectivity index (χ3v) is 5.78. The molecule has 0 atom stereocenters. The number of benzene rings is 1. The van der Waals surface area contributed by atoms with Crippen molar-refractivity contribution >= 4 is 27.3 Å². The Labute approximate surface area is 149 Å². The maximum absolute atomic E-state index is 12.2. The molecule has 7 nitrogen and oxygen atoms in total. The number of hydrogen-bond donors (Lipinski definition) is 1. The first-order chi connectivity index (χ1) is 11.9. The summed E-state index contributed by atoms with van der Waals surface area (Å²) in [5.74, 6) is -0.0619. The molecular formula is C17H25N3O4S. The fourth-order valence-corrected chi connectivity index (χ4v) is 4.26. The van der Waals surface area contributed by atoms with Crippen molar-refractivity contribution in [2.45, 2.75) is 19.3 Å². The van der Waals surface area contributed by atoms with E-state index in [2.05, 4.69) is 10.2 Å². The third-order valence-electron chi connectivity index (χ3n) is 4.60. The van der Waals surface area contributed by atoms with Crippen LogP contribution < -0.4 is 9.62 Å². The van der Waals surface area contributed by atoms with Crippen LogP contribution in [0.25, 0.3) is 0 Å². The van der Waals surface area contributed by atoms with Crippen LogP contribution >= 0.6 is 0 Å². The molecule has 1 aromatic rings. The summed E-state index contributed by atoms with van der Waals surface area (Å²) < 4.78 is 30.7. The second-order valence-electron chi connectivity index (χ2n) is 6.53. The number of nitrogens with one attached hydrogen (secondary N) is 1. The Morgan fingerprint density at radius 1 is 1.24 bits per heavy atom. The Hall–Kier alpha value is -1.64. The van der Waals surface area contributed by atoms with E-state index >= 15 is 0 Å². The maximum atomic E-state index is 12.2. The van der Waals surface area contributed by atoms with E-state index in [1.807, 2.05) is 12.1 Å². The number of aryl methyl sites for hydroxylation is 1. The number of rotatable bonds is 5. The molecular weight excluding hydrogens is 342 g/mol. The normalized spacial score (nSPS) is 18.7. The van der Waals surface area contributed by atoms with Crippen LogP contribution in [0.15, 0.2) is 18.2 Å². The summed E-state index contributed by atoms with van der Waals surface area (Å²) in [7, 11) is -3.31. The summed E-state index contributed by atoms with van der Waals surface area (Å²) in [6.45, 7) is 4.34. The van der Waals surface area contributed by atoms with Gasteiger partial charge in [-0.25, -0.2) is 8.42 Å². The lowest BCUT2D eigenvalue weighted by Crippen LogP contribution is -2.38.